The molecule has 0 aliphatic carbocycles. The molecule has 0 aliphatic rings. The number of hydrogen-bond acceptors (Lipinski definition) is 4. The molecule has 0 radical (unpaired) electrons. The first-order valence-corrected chi connectivity index (χ1v) is 5.89. The predicted octanol–water partition coefficient (Wildman–Crippen LogP) is 2.52. The van der Waals surface area contributed by atoms with Crippen molar-refractivity contribution in [2.24, 2.45) is 0 Å². The van der Waals surface area contributed by atoms with E-state index in [1.165, 1.54) is 0 Å². The summed E-state index contributed by atoms with van der Waals surface area (Å²) in [7, 11) is 0. The van der Waals surface area contributed by atoms with Gasteiger partial charge in [-0.15, -0.1) is 0 Å². The fourth-order valence-electron chi connectivity index (χ4n) is 1.44. The number of carbonyl (C=O) groups is 2. The molecule has 0 saturated carbocycles. The number of hydrogen-bond donors (Lipinski definition) is 1. The van der Waals surface area contributed by atoms with Crippen LogP contribution in [0.3, 0.4) is 0 Å². The van der Waals surface area contributed by atoms with Crippen molar-refractivity contribution in [1.82, 2.24) is 0 Å². The topological polar surface area (TPSA) is 63.6 Å². The van der Waals surface area contributed by atoms with Gasteiger partial charge in [0.05, 0.1) is 12.2 Å². The van der Waals surface area contributed by atoms with E-state index in [1.54, 1.807) is 26.8 Å². The maximum absolute atomic E-state index is 11.8. The van der Waals surface area contributed by atoms with E-state index < -0.39 is 11.8 Å². The zero-order valence-corrected chi connectivity index (χ0v) is 11.4. The summed E-state index contributed by atoms with van der Waals surface area (Å²) in [6.07, 6.45) is 0. The Morgan fingerprint density at radius 2 is 2.00 bits per heavy atom. The summed E-state index contributed by atoms with van der Waals surface area (Å²) in [6.45, 7) is 5.04. The Bertz CT molecular complexity index is 480. The molecule has 1 aromatic carbocycles. The number of phenolic OH excluding ortho intramolecular Hbond substituents is 1. The van der Waals surface area contributed by atoms with Crippen LogP contribution in [0.4, 0.5) is 0 Å². The minimum absolute atomic E-state index is 0.00384. The van der Waals surface area contributed by atoms with Gasteiger partial charge in [0, 0.05) is 10.0 Å². The molecule has 0 aromatic heterocycles. The van der Waals surface area contributed by atoms with E-state index in [0.717, 1.165) is 0 Å². The normalized spacial score (nSPS) is 10.1. The van der Waals surface area contributed by atoms with Crippen LogP contribution in [0.5, 0.6) is 5.75 Å². The molecule has 0 spiro atoms. The number of carbonyl (C=O) groups excluding carboxylic acids is 2. The number of aryl methyl sites for hydroxylation is 1. The van der Waals surface area contributed by atoms with Crippen LogP contribution < -0.4 is 0 Å². The summed E-state index contributed by atoms with van der Waals surface area (Å²) in [5.74, 6) is -1.96. The van der Waals surface area contributed by atoms with Gasteiger partial charge in [-0.1, -0.05) is 15.9 Å². The zero-order valence-electron chi connectivity index (χ0n) is 9.83. The summed E-state index contributed by atoms with van der Waals surface area (Å²) in [5, 5.41) is 9.89. The third kappa shape index (κ3) is 2.66. The van der Waals surface area contributed by atoms with Crippen molar-refractivity contribution >= 4 is 27.7 Å². The van der Waals surface area contributed by atoms with Gasteiger partial charge in [0.2, 0.25) is 0 Å². The fraction of sp³-hybridized carbons (Fsp3) is 0.333. The van der Waals surface area contributed by atoms with E-state index in [1.807, 2.05) is 0 Å². The second-order valence-corrected chi connectivity index (χ2v) is 4.43. The number of Topliss-reactive ketones (excluding diaryl/α,β-unsaturated/α-hetero) is 1. The first kappa shape index (κ1) is 13.7. The Kier molecular flexibility index (Phi) is 4.28. The Labute approximate surface area is 108 Å². The largest absolute Gasteiger partial charge is 0.507 e. The molecule has 0 heterocycles. The van der Waals surface area contributed by atoms with Crippen LogP contribution in [0.25, 0.3) is 0 Å². The average Bonchev–Trinajstić information content (AvgIpc) is 2.26. The summed E-state index contributed by atoms with van der Waals surface area (Å²) in [6, 6.07) is 1.68. The lowest BCUT2D eigenvalue weighted by Crippen LogP contribution is -2.19. The van der Waals surface area contributed by atoms with Gasteiger partial charge in [-0.05, 0) is 32.4 Å². The fourth-order valence-corrected chi connectivity index (χ4v) is 1.97. The van der Waals surface area contributed by atoms with E-state index in [4.69, 9.17) is 0 Å². The molecule has 0 unspecified atom stereocenters. The Morgan fingerprint density at radius 3 is 2.53 bits per heavy atom. The van der Waals surface area contributed by atoms with Crippen LogP contribution in [0.2, 0.25) is 0 Å². The van der Waals surface area contributed by atoms with Crippen molar-refractivity contribution in [3.63, 3.8) is 0 Å². The van der Waals surface area contributed by atoms with Gasteiger partial charge >= 0.3 is 5.97 Å². The van der Waals surface area contributed by atoms with E-state index in [2.05, 4.69) is 20.7 Å². The second-order valence-electron chi connectivity index (χ2n) is 3.57. The number of phenols is 1. The van der Waals surface area contributed by atoms with E-state index in [9.17, 15) is 14.7 Å². The third-order valence-electron chi connectivity index (χ3n) is 2.38. The molecule has 5 heteroatoms. The molecule has 1 N–H and O–H groups in total. The maximum atomic E-state index is 11.8. The minimum atomic E-state index is -0.951. The van der Waals surface area contributed by atoms with Gasteiger partial charge in [-0.25, -0.2) is 4.79 Å². The minimum Gasteiger partial charge on any atom is -0.507 e. The number of ketones is 1. The van der Waals surface area contributed by atoms with Crippen molar-refractivity contribution in [2.45, 2.75) is 20.8 Å². The van der Waals surface area contributed by atoms with Crippen LogP contribution in [-0.4, -0.2) is 23.5 Å². The lowest BCUT2D eigenvalue weighted by atomic mass is 10.0. The molecular formula is C12H13BrO4. The van der Waals surface area contributed by atoms with Crippen molar-refractivity contribution in [2.75, 3.05) is 6.61 Å². The van der Waals surface area contributed by atoms with Gasteiger partial charge in [0.25, 0.3) is 5.78 Å². The van der Waals surface area contributed by atoms with Crippen molar-refractivity contribution in [3.05, 3.63) is 27.2 Å². The first-order chi connectivity index (χ1) is 7.90. The highest BCUT2D eigenvalue weighted by atomic mass is 79.9. The number of esters is 1. The Balaban J connectivity index is 3.28. The van der Waals surface area contributed by atoms with Crippen molar-refractivity contribution in [1.29, 1.82) is 0 Å². The summed E-state index contributed by atoms with van der Waals surface area (Å²) < 4.78 is 5.31. The number of halogens is 1. The van der Waals surface area contributed by atoms with Crippen LogP contribution in [0.15, 0.2) is 10.5 Å². The Hall–Kier alpha value is -1.36. The maximum Gasteiger partial charge on any atom is 0.379 e. The number of aromatic hydroxyl groups is 1. The molecule has 0 aliphatic heterocycles. The monoisotopic (exact) mass is 300 g/mol. The zero-order chi connectivity index (χ0) is 13.2. The molecule has 0 bridgehead atoms. The van der Waals surface area contributed by atoms with Gasteiger partial charge in [-0.2, -0.15) is 0 Å². The van der Waals surface area contributed by atoms with E-state index in [-0.39, 0.29) is 17.9 Å². The molecule has 0 amide bonds. The van der Waals surface area contributed by atoms with Gasteiger partial charge in [-0.3, -0.25) is 4.79 Å². The molecule has 17 heavy (non-hydrogen) atoms. The lowest BCUT2D eigenvalue weighted by molar-refractivity contribution is -0.137. The lowest BCUT2D eigenvalue weighted by Gasteiger charge is -2.10. The molecule has 0 saturated heterocycles. The molecule has 0 fully saturated rings. The standard InChI is InChI=1S/C12H13BrO4/c1-4-17-12(16)11(15)9-6(2)5-8(13)7(3)10(9)14/h5,14H,4H2,1-3H3. The molecule has 0 atom stereocenters. The molecule has 1 aromatic rings. The second kappa shape index (κ2) is 5.31. The number of benzene rings is 1. The van der Waals surface area contributed by atoms with Crippen molar-refractivity contribution in [3.8, 4) is 5.75 Å². The molecule has 92 valence electrons. The van der Waals surface area contributed by atoms with Crippen LogP contribution in [0.1, 0.15) is 28.4 Å². The SMILES string of the molecule is CCOC(=O)C(=O)c1c(C)cc(Br)c(C)c1O. The van der Waals surface area contributed by atoms with Gasteiger partial charge < -0.3 is 9.84 Å². The number of ether oxygens (including phenoxy) is 1. The van der Waals surface area contributed by atoms with E-state index in [0.29, 0.717) is 15.6 Å². The van der Waals surface area contributed by atoms with Gasteiger partial charge in [0.1, 0.15) is 5.75 Å². The van der Waals surface area contributed by atoms with Crippen LogP contribution in [0, 0.1) is 13.8 Å². The average molecular weight is 301 g/mol. The quantitative estimate of drug-likeness (QED) is 0.529. The van der Waals surface area contributed by atoms with Crippen LogP contribution >= 0.6 is 15.9 Å². The highest BCUT2D eigenvalue weighted by Gasteiger charge is 2.24. The Morgan fingerprint density at radius 1 is 1.41 bits per heavy atom. The highest BCUT2D eigenvalue weighted by Crippen LogP contribution is 2.32. The molecule has 4 nitrogen and oxygen atoms in total. The summed E-state index contributed by atoms with van der Waals surface area (Å²) >= 11 is 3.26. The predicted molar refractivity (Wildman–Crippen MR) is 66.2 cm³/mol. The third-order valence-corrected chi connectivity index (χ3v) is 3.20. The molecule has 1 rings (SSSR count). The smallest absolute Gasteiger partial charge is 0.379 e. The summed E-state index contributed by atoms with van der Waals surface area (Å²) in [4.78, 5) is 23.1. The van der Waals surface area contributed by atoms with E-state index >= 15 is 0 Å². The van der Waals surface area contributed by atoms with Gasteiger partial charge in [0.15, 0.2) is 0 Å². The van der Waals surface area contributed by atoms with Crippen molar-refractivity contribution < 1.29 is 19.4 Å². The first-order valence-electron chi connectivity index (χ1n) is 5.10. The summed E-state index contributed by atoms with van der Waals surface area (Å²) in [5.41, 5.74) is 1.05. The van der Waals surface area contributed by atoms with Crippen LogP contribution in [-0.2, 0) is 9.53 Å². The highest BCUT2D eigenvalue weighted by molar-refractivity contribution is 9.10. The number of rotatable bonds is 3. The molecular weight excluding hydrogens is 288 g/mol.